The molecule has 0 fully saturated rings. The highest BCUT2D eigenvalue weighted by molar-refractivity contribution is 5.80. The first-order chi connectivity index (χ1) is 9.81. The second kappa shape index (κ2) is 7.25. The predicted molar refractivity (Wildman–Crippen MR) is 83.3 cm³/mol. The molecule has 0 atom stereocenters. The fourth-order valence-corrected chi connectivity index (χ4v) is 2.51. The Morgan fingerprint density at radius 1 is 1.19 bits per heavy atom. The lowest BCUT2D eigenvalue weighted by atomic mass is 9.88. The Bertz CT molecular complexity index is 519. The van der Waals surface area contributed by atoms with E-state index in [2.05, 4.69) is 5.32 Å². The van der Waals surface area contributed by atoms with Gasteiger partial charge in [-0.3, -0.25) is 9.59 Å². The molecule has 4 heteroatoms. The van der Waals surface area contributed by atoms with E-state index in [0.717, 1.165) is 16.7 Å². The lowest BCUT2D eigenvalue weighted by Gasteiger charge is -2.31. The Morgan fingerprint density at radius 2 is 1.81 bits per heavy atom. The van der Waals surface area contributed by atoms with E-state index in [9.17, 15) is 9.59 Å². The maximum Gasteiger partial charge on any atom is 0.305 e. The molecule has 1 amide bonds. The van der Waals surface area contributed by atoms with E-state index in [0.29, 0.717) is 12.8 Å². The zero-order chi connectivity index (χ0) is 16.0. The number of carbonyl (C=O) groups is 2. The van der Waals surface area contributed by atoms with Crippen LogP contribution in [0.1, 0.15) is 49.8 Å². The largest absolute Gasteiger partial charge is 0.481 e. The molecule has 0 saturated heterocycles. The molecule has 0 unspecified atom stereocenters. The highest BCUT2D eigenvalue weighted by Gasteiger charge is 2.30. The van der Waals surface area contributed by atoms with Crippen molar-refractivity contribution in [3.8, 4) is 0 Å². The topological polar surface area (TPSA) is 66.4 Å². The highest BCUT2D eigenvalue weighted by atomic mass is 16.4. The Kier molecular flexibility index (Phi) is 5.94. The van der Waals surface area contributed by atoms with E-state index in [1.807, 2.05) is 45.9 Å². The molecule has 0 aliphatic carbocycles. The van der Waals surface area contributed by atoms with Crippen LogP contribution in [0.25, 0.3) is 0 Å². The third kappa shape index (κ3) is 4.88. The molecule has 0 aliphatic rings. The standard InChI is InChI=1S/C17H25NO3/c1-5-17(6-2,11-16(20)21)18-15(19)10-14-9-12(3)7-8-13(14)4/h7-9H,5-6,10-11H2,1-4H3,(H,18,19)(H,20,21). The molecule has 0 radical (unpaired) electrons. The van der Waals surface area contributed by atoms with E-state index < -0.39 is 11.5 Å². The normalized spacial score (nSPS) is 11.2. The third-order valence-corrected chi connectivity index (χ3v) is 4.10. The molecule has 0 aliphatic heterocycles. The van der Waals surface area contributed by atoms with Crippen LogP contribution in [0, 0.1) is 13.8 Å². The van der Waals surface area contributed by atoms with Crippen LogP contribution in [0.5, 0.6) is 0 Å². The number of carboxylic acid groups (broad SMARTS) is 1. The van der Waals surface area contributed by atoms with Crippen LogP contribution in [0.2, 0.25) is 0 Å². The zero-order valence-electron chi connectivity index (χ0n) is 13.3. The summed E-state index contributed by atoms with van der Waals surface area (Å²) in [7, 11) is 0. The summed E-state index contributed by atoms with van der Waals surface area (Å²) in [5.41, 5.74) is 2.53. The fraction of sp³-hybridized carbons (Fsp3) is 0.529. The first-order valence-corrected chi connectivity index (χ1v) is 7.41. The zero-order valence-corrected chi connectivity index (χ0v) is 13.3. The number of aliphatic carboxylic acids is 1. The molecule has 21 heavy (non-hydrogen) atoms. The summed E-state index contributed by atoms with van der Waals surface area (Å²) in [5, 5.41) is 12.0. The van der Waals surface area contributed by atoms with E-state index in [-0.39, 0.29) is 18.7 Å². The van der Waals surface area contributed by atoms with Gasteiger partial charge in [0.05, 0.1) is 12.8 Å². The summed E-state index contributed by atoms with van der Waals surface area (Å²) in [6.45, 7) is 7.79. The van der Waals surface area contributed by atoms with Crippen molar-refractivity contribution in [1.82, 2.24) is 5.32 Å². The lowest BCUT2D eigenvalue weighted by molar-refractivity contribution is -0.139. The highest BCUT2D eigenvalue weighted by Crippen LogP contribution is 2.20. The van der Waals surface area contributed by atoms with Gasteiger partial charge < -0.3 is 10.4 Å². The smallest absolute Gasteiger partial charge is 0.305 e. The maximum absolute atomic E-state index is 12.3. The van der Waals surface area contributed by atoms with Crippen molar-refractivity contribution in [2.75, 3.05) is 0 Å². The first-order valence-electron chi connectivity index (χ1n) is 7.41. The van der Waals surface area contributed by atoms with Gasteiger partial charge in [-0.1, -0.05) is 37.6 Å². The molecule has 1 aromatic carbocycles. The second-order valence-electron chi connectivity index (χ2n) is 5.71. The van der Waals surface area contributed by atoms with Crippen LogP contribution in [0.4, 0.5) is 0 Å². The molecule has 0 saturated carbocycles. The average Bonchev–Trinajstić information content (AvgIpc) is 2.41. The number of hydrogen-bond acceptors (Lipinski definition) is 2. The van der Waals surface area contributed by atoms with Crippen LogP contribution in [0.3, 0.4) is 0 Å². The van der Waals surface area contributed by atoms with Gasteiger partial charge in [-0.2, -0.15) is 0 Å². The van der Waals surface area contributed by atoms with Crippen molar-refractivity contribution in [2.24, 2.45) is 0 Å². The van der Waals surface area contributed by atoms with Gasteiger partial charge in [-0.05, 0) is 37.8 Å². The Morgan fingerprint density at radius 3 is 2.33 bits per heavy atom. The summed E-state index contributed by atoms with van der Waals surface area (Å²) < 4.78 is 0. The minimum Gasteiger partial charge on any atom is -0.481 e. The van der Waals surface area contributed by atoms with Crippen LogP contribution >= 0.6 is 0 Å². The number of carbonyl (C=O) groups excluding carboxylic acids is 1. The molecule has 4 nitrogen and oxygen atoms in total. The van der Waals surface area contributed by atoms with Crippen molar-refractivity contribution in [2.45, 2.75) is 58.9 Å². The van der Waals surface area contributed by atoms with Gasteiger partial charge >= 0.3 is 5.97 Å². The quantitative estimate of drug-likeness (QED) is 0.811. The monoisotopic (exact) mass is 291 g/mol. The van der Waals surface area contributed by atoms with Crippen LogP contribution in [-0.4, -0.2) is 22.5 Å². The van der Waals surface area contributed by atoms with E-state index in [4.69, 9.17) is 5.11 Å². The summed E-state index contributed by atoms with van der Waals surface area (Å²) in [6.07, 6.45) is 1.45. The van der Waals surface area contributed by atoms with Crippen molar-refractivity contribution >= 4 is 11.9 Å². The summed E-state index contributed by atoms with van der Waals surface area (Å²) >= 11 is 0. The van der Waals surface area contributed by atoms with Crippen molar-refractivity contribution < 1.29 is 14.7 Å². The number of nitrogens with one attached hydrogen (secondary N) is 1. The van der Waals surface area contributed by atoms with E-state index in [1.165, 1.54) is 0 Å². The second-order valence-corrected chi connectivity index (χ2v) is 5.71. The molecule has 116 valence electrons. The molecule has 1 aromatic rings. The summed E-state index contributed by atoms with van der Waals surface area (Å²) in [5.74, 6) is -1.00. The molecule has 1 rings (SSSR count). The predicted octanol–water partition coefficient (Wildman–Crippen LogP) is 3.00. The number of hydrogen-bond donors (Lipinski definition) is 2. The average molecular weight is 291 g/mol. The number of benzene rings is 1. The number of rotatable bonds is 7. The van der Waals surface area contributed by atoms with Gasteiger partial charge in [-0.25, -0.2) is 0 Å². The van der Waals surface area contributed by atoms with Gasteiger partial charge in [0.15, 0.2) is 0 Å². The molecule has 0 aromatic heterocycles. The summed E-state index contributed by atoms with van der Waals surface area (Å²) in [6, 6.07) is 6.03. The van der Waals surface area contributed by atoms with Crippen LogP contribution < -0.4 is 5.32 Å². The molecule has 0 heterocycles. The Balaban J connectivity index is 2.83. The van der Waals surface area contributed by atoms with Crippen LogP contribution in [0.15, 0.2) is 18.2 Å². The number of aryl methyl sites for hydroxylation is 2. The minimum atomic E-state index is -0.884. The van der Waals surface area contributed by atoms with Gasteiger partial charge in [0.1, 0.15) is 0 Å². The molecular formula is C17H25NO3. The first kappa shape index (κ1) is 17.2. The van der Waals surface area contributed by atoms with Crippen LogP contribution in [-0.2, 0) is 16.0 Å². The Labute approximate surface area is 126 Å². The van der Waals surface area contributed by atoms with E-state index in [1.54, 1.807) is 0 Å². The number of carboxylic acids is 1. The van der Waals surface area contributed by atoms with E-state index >= 15 is 0 Å². The van der Waals surface area contributed by atoms with Crippen molar-refractivity contribution in [1.29, 1.82) is 0 Å². The SMILES string of the molecule is CCC(CC)(CC(=O)O)NC(=O)Cc1cc(C)ccc1C. The minimum absolute atomic E-state index is 0.0431. The molecule has 0 spiro atoms. The van der Waals surface area contributed by atoms with Gasteiger partial charge in [0, 0.05) is 5.54 Å². The van der Waals surface area contributed by atoms with Gasteiger partial charge in [-0.15, -0.1) is 0 Å². The van der Waals surface area contributed by atoms with Gasteiger partial charge in [0.25, 0.3) is 0 Å². The van der Waals surface area contributed by atoms with Gasteiger partial charge in [0.2, 0.25) is 5.91 Å². The lowest BCUT2D eigenvalue weighted by Crippen LogP contribution is -2.49. The molecular weight excluding hydrogens is 266 g/mol. The third-order valence-electron chi connectivity index (χ3n) is 4.10. The van der Waals surface area contributed by atoms with Crippen molar-refractivity contribution in [3.05, 3.63) is 34.9 Å². The Hall–Kier alpha value is -1.84. The molecule has 0 bridgehead atoms. The summed E-state index contributed by atoms with van der Waals surface area (Å²) in [4.78, 5) is 23.3. The maximum atomic E-state index is 12.3. The number of amides is 1. The molecule has 2 N–H and O–H groups in total. The van der Waals surface area contributed by atoms with Crippen molar-refractivity contribution in [3.63, 3.8) is 0 Å². The fourth-order valence-electron chi connectivity index (χ4n) is 2.51.